The van der Waals surface area contributed by atoms with E-state index < -0.39 is 0 Å². The van der Waals surface area contributed by atoms with Crippen LogP contribution in [0.15, 0.2) is 48.6 Å². The number of hydrogen-bond donors (Lipinski definition) is 1. The Kier molecular flexibility index (Phi) is 3.71. The van der Waals surface area contributed by atoms with E-state index in [1.54, 1.807) is 13.2 Å². The van der Waals surface area contributed by atoms with Crippen LogP contribution in [0.1, 0.15) is 35.1 Å². The molecule has 0 fully saturated rings. The van der Waals surface area contributed by atoms with Crippen LogP contribution in [0.3, 0.4) is 0 Å². The van der Waals surface area contributed by atoms with E-state index in [1.165, 1.54) is 17.2 Å². The van der Waals surface area contributed by atoms with E-state index in [0.29, 0.717) is 11.7 Å². The van der Waals surface area contributed by atoms with E-state index >= 15 is 0 Å². The summed E-state index contributed by atoms with van der Waals surface area (Å²) in [6.45, 7) is 2.09. The van der Waals surface area contributed by atoms with Gasteiger partial charge in [0.2, 0.25) is 0 Å². The highest BCUT2D eigenvalue weighted by Gasteiger charge is 2.40. The second kappa shape index (κ2) is 5.92. The van der Waals surface area contributed by atoms with Crippen LogP contribution < -0.4 is 10.1 Å². The van der Waals surface area contributed by atoms with E-state index in [9.17, 15) is 10.1 Å². The maximum Gasteiger partial charge on any atom is 0.273 e. The van der Waals surface area contributed by atoms with Crippen LogP contribution in [0.2, 0.25) is 0 Å². The molecule has 0 bridgehead atoms. The molecular weight excluding hydrogens is 316 g/mol. The predicted octanol–water partition coefficient (Wildman–Crippen LogP) is 4.74. The molecule has 0 saturated heterocycles. The molecule has 0 unspecified atom stereocenters. The quantitative estimate of drug-likeness (QED) is 0.499. The molecule has 2 aromatic carbocycles. The number of nitrogens with zero attached hydrogens (tertiary/aromatic N) is 1. The van der Waals surface area contributed by atoms with Crippen LogP contribution in [0.5, 0.6) is 5.75 Å². The lowest BCUT2D eigenvalue weighted by atomic mass is 9.76. The van der Waals surface area contributed by atoms with Crippen molar-refractivity contribution in [1.82, 2.24) is 0 Å². The van der Waals surface area contributed by atoms with Crippen molar-refractivity contribution in [2.24, 2.45) is 5.92 Å². The lowest BCUT2D eigenvalue weighted by Crippen LogP contribution is -2.29. The summed E-state index contributed by atoms with van der Waals surface area (Å²) < 4.78 is 5.47. The lowest BCUT2D eigenvalue weighted by molar-refractivity contribution is -0.385. The second-order valence-corrected chi connectivity index (χ2v) is 6.76. The van der Waals surface area contributed by atoms with Gasteiger partial charge in [-0.1, -0.05) is 42.0 Å². The molecule has 2 aromatic rings. The molecule has 0 spiro atoms. The van der Waals surface area contributed by atoms with Crippen LogP contribution in [0.4, 0.5) is 11.4 Å². The fraction of sp³-hybridized carbons (Fsp3) is 0.300. The number of benzene rings is 2. The summed E-state index contributed by atoms with van der Waals surface area (Å²) in [5.41, 5.74) is 4.36. The predicted molar refractivity (Wildman–Crippen MR) is 97.2 cm³/mol. The third-order valence-electron chi connectivity index (χ3n) is 5.25. The van der Waals surface area contributed by atoms with E-state index in [-0.39, 0.29) is 22.6 Å². The van der Waals surface area contributed by atoms with Crippen molar-refractivity contribution in [1.29, 1.82) is 0 Å². The molecule has 3 atom stereocenters. The Bertz CT molecular complexity index is 875. The van der Waals surface area contributed by atoms with Gasteiger partial charge in [0.25, 0.3) is 5.69 Å². The molecule has 5 heteroatoms. The summed E-state index contributed by atoms with van der Waals surface area (Å²) in [6.07, 6.45) is 5.32. The zero-order valence-electron chi connectivity index (χ0n) is 14.2. The number of ether oxygens (including phenoxy) is 1. The number of aryl methyl sites for hydroxylation is 1. The maximum absolute atomic E-state index is 11.3. The van der Waals surface area contributed by atoms with Crippen LogP contribution in [0.25, 0.3) is 0 Å². The largest absolute Gasteiger partial charge is 0.494 e. The molecule has 4 rings (SSSR count). The number of nitro benzene ring substituents is 1. The average Bonchev–Trinajstić information content (AvgIpc) is 3.10. The van der Waals surface area contributed by atoms with Crippen LogP contribution in [0, 0.1) is 23.0 Å². The molecule has 0 amide bonds. The maximum atomic E-state index is 11.3. The fourth-order valence-electron chi connectivity index (χ4n) is 4.11. The van der Waals surface area contributed by atoms with Crippen molar-refractivity contribution >= 4 is 11.4 Å². The van der Waals surface area contributed by atoms with Crippen molar-refractivity contribution in [3.63, 3.8) is 0 Å². The van der Waals surface area contributed by atoms with Crippen molar-refractivity contribution < 1.29 is 9.66 Å². The van der Waals surface area contributed by atoms with Crippen LogP contribution in [-0.2, 0) is 0 Å². The summed E-state index contributed by atoms with van der Waals surface area (Å²) in [7, 11) is 1.55. The Hall–Kier alpha value is -2.82. The first-order valence-electron chi connectivity index (χ1n) is 8.44. The van der Waals surface area contributed by atoms with Gasteiger partial charge in [-0.25, -0.2) is 0 Å². The van der Waals surface area contributed by atoms with Gasteiger partial charge in [0.15, 0.2) is 0 Å². The molecular formula is C20H20N2O3. The van der Waals surface area contributed by atoms with E-state index in [0.717, 1.165) is 17.7 Å². The molecule has 25 heavy (non-hydrogen) atoms. The molecule has 0 radical (unpaired) electrons. The summed E-state index contributed by atoms with van der Waals surface area (Å²) in [5, 5.41) is 14.9. The zero-order valence-corrected chi connectivity index (χ0v) is 14.2. The van der Waals surface area contributed by atoms with Crippen molar-refractivity contribution in [3.8, 4) is 5.75 Å². The molecule has 1 aliphatic carbocycles. The minimum Gasteiger partial charge on any atom is -0.494 e. The van der Waals surface area contributed by atoms with Gasteiger partial charge in [0.1, 0.15) is 5.75 Å². The number of hydrogen-bond acceptors (Lipinski definition) is 4. The molecule has 0 aromatic heterocycles. The highest BCUT2D eigenvalue weighted by Crippen LogP contribution is 2.53. The van der Waals surface area contributed by atoms with Gasteiger partial charge >= 0.3 is 0 Å². The summed E-state index contributed by atoms with van der Waals surface area (Å²) in [5.74, 6) is 1.04. The summed E-state index contributed by atoms with van der Waals surface area (Å²) in [4.78, 5) is 10.9. The second-order valence-electron chi connectivity index (χ2n) is 6.76. The SMILES string of the molecule is COc1cc([N+](=O)[O-])cc2c1N[C@@H](c1cccc(C)c1)[C@@H]1CC=C[C@H]21. The fourth-order valence-corrected chi connectivity index (χ4v) is 4.11. The Balaban J connectivity index is 1.85. The molecule has 1 heterocycles. The minimum absolute atomic E-state index is 0.0745. The molecule has 2 aliphatic rings. The number of nitro groups is 1. The van der Waals surface area contributed by atoms with Crippen molar-refractivity contribution in [2.45, 2.75) is 25.3 Å². The monoisotopic (exact) mass is 336 g/mol. The Morgan fingerprint density at radius 3 is 2.84 bits per heavy atom. The number of nitrogens with one attached hydrogen (secondary N) is 1. The lowest BCUT2D eigenvalue weighted by Gasteiger charge is -2.38. The molecule has 1 aliphatic heterocycles. The zero-order chi connectivity index (χ0) is 17.6. The Labute approximate surface area is 146 Å². The van der Waals surface area contributed by atoms with Gasteiger partial charge in [-0.05, 0) is 30.4 Å². The Morgan fingerprint density at radius 2 is 2.12 bits per heavy atom. The number of fused-ring (bicyclic) bond motifs is 3. The van der Waals surface area contributed by atoms with Gasteiger partial charge in [0.05, 0.1) is 29.8 Å². The molecule has 1 N–H and O–H groups in total. The number of allylic oxidation sites excluding steroid dienone is 2. The highest BCUT2D eigenvalue weighted by molar-refractivity contribution is 5.71. The minimum atomic E-state index is -0.358. The summed E-state index contributed by atoms with van der Waals surface area (Å²) in [6, 6.07) is 11.9. The smallest absolute Gasteiger partial charge is 0.273 e. The molecule has 5 nitrogen and oxygen atoms in total. The Morgan fingerprint density at radius 1 is 1.28 bits per heavy atom. The highest BCUT2D eigenvalue weighted by atomic mass is 16.6. The number of anilines is 1. The first-order chi connectivity index (χ1) is 12.1. The topological polar surface area (TPSA) is 64.4 Å². The van der Waals surface area contributed by atoms with Gasteiger partial charge in [-0.2, -0.15) is 0 Å². The third-order valence-corrected chi connectivity index (χ3v) is 5.25. The average molecular weight is 336 g/mol. The van der Waals surface area contributed by atoms with Gasteiger partial charge in [0, 0.05) is 12.0 Å². The normalized spacial score (nSPS) is 23.5. The molecule has 128 valence electrons. The first-order valence-corrected chi connectivity index (χ1v) is 8.44. The number of non-ortho nitro benzene ring substituents is 1. The van der Waals surface area contributed by atoms with Crippen LogP contribution in [-0.4, -0.2) is 12.0 Å². The van der Waals surface area contributed by atoms with E-state index in [1.807, 2.05) is 0 Å². The number of methoxy groups -OCH3 is 1. The van der Waals surface area contributed by atoms with Crippen LogP contribution >= 0.6 is 0 Å². The van der Waals surface area contributed by atoms with Gasteiger partial charge in [-0.3, -0.25) is 10.1 Å². The standard InChI is InChI=1S/C20H20N2O3/c1-12-5-3-6-13(9-12)19-16-8-4-7-15(16)17-10-14(22(23)24)11-18(25-2)20(17)21-19/h3-7,9-11,15-16,19,21H,8H2,1-2H3/t15-,16+,19-/m0/s1. The van der Waals surface area contributed by atoms with E-state index in [4.69, 9.17) is 4.74 Å². The number of rotatable bonds is 3. The summed E-state index contributed by atoms with van der Waals surface area (Å²) >= 11 is 0. The third kappa shape index (κ3) is 2.56. The first kappa shape index (κ1) is 15.7. The van der Waals surface area contributed by atoms with E-state index in [2.05, 4.69) is 48.7 Å². The van der Waals surface area contributed by atoms with Crippen molar-refractivity contribution in [2.75, 3.05) is 12.4 Å². The van der Waals surface area contributed by atoms with Gasteiger partial charge < -0.3 is 10.1 Å². The van der Waals surface area contributed by atoms with Gasteiger partial charge in [-0.15, -0.1) is 0 Å². The van der Waals surface area contributed by atoms with Crippen molar-refractivity contribution in [3.05, 3.63) is 75.4 Å². The molecule has 0 saturated carbocycles.